The predicted molar refractivity (Wildman–Crippen MR) is 87.5 cm³/mol. The molecule has 1 heterocycles. The van der Waals surface area contributed by atoms with E-state index in [9.17, 15) is 9.59 Å². The number of methoxy groups -OCH3 is 1. The van der Waals surface area contributed by atoms with Gasteiger partial charge in [0.25, 0.3) is 0 Å². The highest BCUT2D eigenvalue weighted by atomic mass is 16.5. The van der Waals surface area contributed by atoms with Crippen LogP contribution in [0.25, 0.3) is 0 Å². The summed E-state index contributed by atoms with van der Waals surface area (Å²) in [6.45, 7) is 1.71. The number of aryl methyl sites for hydroxylation is 1. The summed E-state index contributed by atoms with van der Waals surface area (Å²) in [5, 5.41) is 2.81. The minimum absolute atomic E-state index is 0.0374. The van der Waals surface area contributed by atoms with Crippen LogP contribution in [0.2, 0.25) is 0 Å². The maximum Gasteiger partial charge on any atom is 0.223 e. The van der Waals surface area contributed by atoms with E-state index in [1.165, 1.54) is 11.1 Å². The third-order valence-corrected chi connectivity index (χ3v) is 4.88. The standard InChI is InChI=1S/C18H24N2O3/c1-23-15-5-6-16-13(11-15)3-2-4-14(16)12-18(22)20-9-7-17(21)19-8-10-20/h5-6,11,14H,2-4,7-10,12H2,1H3,(H,19,21). The van der Waals surface area contributed by atoms with Gasteiger partial charge in [-0.25, -0.2) is 0 Å². The molecule has 0 bridgehead atoms. The van der Waals surface area contributed by atoms with Crippen molar-refractivity contribution < 1.29 is 14.3 Å². The number of hydrogen-bond donors (Lipinski definition) is 1. The lowest BCUT2D eigenvalue weighted by Crippen LogP contribution is -2.35. The Kier molecular flexibility index (Phi) is 4.84. The van der Waals surface area contributed by atoms with Crippen LogP contribution in [-0.2, 0) is 16.0 Å². The molecular formula is C18H24N2O3. The minimum Gasteiger partial charge on any atom is -0.497 e. The number of amides is 2. The first kappa shape index (κ1) is 15.8. The van der Waals surface area contributed by atoms with Crippen molar-refractivity contribution in [2.24, 2.45) is 0 Å². The first-order valence-corrected chi connectivity index (χ1v) is 8.38. The lowest BCUT2D eigenvalue weighted by molar-refractivity contribution is -0.131. The van der Waals surface area contributed by atoms with Crippen LogP contribution in [-0.4, -0.2) is 43.5 Å². The van der Waals surface area contributed by atoms with Gasteiger partial charge in [-0.15, -0.1) is 0 Å². The summed E-state index contributed by atoms with van der Waals surface area (Å²) >= 11 is 0. The minimum atomic E-state index is 0.0374. The molecule has 1 saturated heterocycles. The summed E-state index contributed by atoms with van der Waals surface area (Å²) < 4.78 is 5.30. The van der Waals surface area contributed by atoms with Crippen LogP contribution in [0.3, 0.4) is 0 Å². The zero-order chi connectivity index (χ0) is 16.2. The summed E-state index contributed by atoms with van der Waals surface area (Å²) in [4.78, 5) is 25.9. The van der Waals surface area contributed by atoms with Gasteiger partial charge < -0.3 is 15.0 Å². The van der Waals surface area contributed by atoms with Gasteiger partial charge in [0.2, 0.25) is 11.8 Å². The molecule has 0 radical (unpaired) electrons. The van der Waals surface area contributed by atoms with Gasteiger partial charge >= 0.3 is 0 Å². The molecule has 0 saturated carbocycles. The number of hydrogen-bond acceptors (Lipinski definition) is 3. The van der Waals surface area contributed by atoms with Crippen LogP contribution in [0.4, 0.5) is 0 Å². The smallest absolute Gasteiger partial charge is 0.223 e. The van der Waals surface area contributed by atoms with E-state index in [1.807, 2.05) is 11.0 Å². The van der Waals surface area contributed by atoms with Crippen LogP contribution in [0.5, 0.6) is 5.75 Å². The fourth-order valence-corrected chi connectivity index (χ4v) is 3.59. The molecule has 5 nitrogen and oxygen atoms in total. The van der Waals surface area contributed by atoms with Crippen LogP contribution >= 0.6 is 0 Å². The second-order valence-corrected chi connectivity index (χ2v) is 6.34. The van der Waals surface area contributed by atoms with E-state index in [-0.39, 0.29) is 17.7 Å². The highest BCUT2D eigenvalue weighted by Gasteiger charge is 2.26. The molecule has 1 N–H and O–H groups in total. The van der Waals surface area contributed by atoms with Crippen molar-refractivity contribution >= 4 is 11.8 Å². The van der Waals surface area contributed by atoms with E-state index < -0.39 is 0 Å². The second kappa shape index (κ2) is 7.02. The first-order valence-electron chi connectivity index (χ1n) is 8.38. The zero-order valence-corrected chi connectivity index (χ0v) is 13.6. The van der Waals surface area contributed by atoms with E-state index >= 15 is 0 Å². The van der Waals surface area contributed by atoms with Crippen LogP contribution in [0, 0.1) is 0 Å². The number of benzene rings is 1. The normalized spacial score (nSPS) is 21.2. The Bertz CT molecular complexity index is 600. The molecule has 1 aromatic carbocycles. The molecule has 2 aliphatic rings. The lowest BCUT2D eigenvalue weighted by atomic mass is 9.80. The average molecular weight is 316 g/mol. The highest BCUT2D eigenvalue weighted by Crippen LogP contribution is 2.36. The maximum absolute atomic E-state index is 12.6. The Labute approximate surface area is 137 Å². The summed E-state index contributed by atoms with van der Waals surface area (Å²) in [6.07, 6.45) is 4.16. The van der Waals surface area contributed by atoms with E-state index in [0.29, 0.717) is 32.5 Å². The number of rotatable bonds is 3. The Morgan fingerprint density at radius 2 is 2.22 bits per heavy atom. The van der Waals surface area contributed by atoms with Gasteiger partial charge in [0, 0.05) is 32.5 Å². The van der Waals surface area contributed by atoms with Crippen LogP contribution in [0.1, 0.15) is 42.7 Å². The van der Waals surface area contributed by atoms with Crippen molar-refractivity contribution in [3.63, 3.8) is 0 Å². The molecule has 3 rings (SSSR count). The third-order valence-electron chi connectivity index (χ3n) is 4.88. The second-order valence-electron chi connectivity index (χ2n) is 6.34. The summed E-state index contributed by atoms with van der Waals surface area (Å²) in [5.41, 5.74) is 2.59. The molecule has 1 aromatic rings. The first-order chi connectivity index (χ1) is 11.2. The molecule has 0 aromatic heterocycles. The number of nitrogens with zero attached hydrogens (tertiary/aromatic N) is 1. The predicted octanol–water partition coefficient (Wildman–Crippen LogP) is 1.85. The lowest BCUT2D eigenvalue weighted by Gasteiger charge is -2.28. The number of nitrogens with one attached hydrogen (secondary N) is 1. The topological polar surface area (TPSA) is 58.6 Å². The summed E-state index contributed by atoms with van der Waals surface area (Å²) in [6, 6.07) is 6.19. The van der Waals surface area contributed by atoms with Crippen LogP contribution < -0.4 is 10.1 Å². The van der Waals surface area contributed by atoms with Gasteiger partial charge in [-0.05, 0) is 48.4 Å². The molecule has 124 valence electrons. The Hall–Kier alpha value is -2.04. The van der Waals surface area contributed by atoms with Crippen molar-refractivity contribution in [2.75, 3.05) is 26.7 Å². The number of carbonyl (C=O) groups excluding carboxylic acids is 2. The third kappa shape index (κ3) is 3.66. The molecule has 1 aliphatic carbocycles. The highest BCUT2D eigenvalue weighted by molar-refractivity contribution is 5.80. The Morgan fingerprint density at radius 1 is 1.35 bits per heavy atom. The van der Waals surface area contributed by atoms with Gasteiger partial charge in [0.1, 0.15) is 5.75 Å². The van der Waals surface area contributed by atoms with Gasteiger partial charge in [-0.3, -0.25) is 9.59 Å². The molecule has 2 amide bonds. The maximum atomic E-state index is 12.6. The molecular weight excluding hydrogens is 292 g/mol. The van der Waals surface area contributed by atoms with E-state index in [4.69, 9.17) is 4.74 Å². The summed E-state index contributed by atoms with van der Waals surface area (Å²) in [7, 11) is 1.68. The molecule has 1 aliphatic heterocycles. The van der Waals surface area contributed by atoms with E-state index in [0.717, 1.165) is 25.0 Å². The van der Waals surface area contributed by atoms with E-state index in [2.05, 4.69) is 17.4 Å². The molecule has 1 atom stereocenters. The fourth-order valence-electron chi connectivity index (χ4n) is 3.59. The quantitative estimate of drug-likeness (QED) is 0.926. The number of fused-ring (bicyclic) bond motifs is 1. The number of carbonyl (C=O) groups is 2. The monoisotopic (exact) mass is 316 g/mol. The zero-order valence-electron chi connectivity index (χ0n) is 13.6. The van der Waals surface area contributed by atoms with Crippen molar-refractivity contribution in [3.8, 4) is 5.75 Å². The van der Waals surface area contributed by atoms with Crippen LogP contribution in [0.15, 0.2) is 18.2 Å². The largest absolute Gasteiger partial charge is 0.497 e. The Balaban J connectivity index is 1.69. The molecule has 0 spiro atoms. The van der Waals surface area contributed by atoms with Crippen molar-refractivity contribution in [3.05, 3.63) is 29.3 Å². The van der Waals surface area contributed by atoms with Crippen molar-refractivity contribution in [2.45, 2.75) is 38.0 Å². The molecule has 1 unspecified atom stereocenters. The Morgan fingerprint density at radius 3 is 3.04 bits per heavy atom. The van der Waals surface area contributed by atoms with E-state index in [1.54, 1.807) is 7.11 Å². The van der Waals surface area contributed by atoms with Gasteiger partial charge in [0.15, 0.2) is 0 Å². The van der Waals surface area contributed by atoms with Gasteiger partial charge in [-0.1, -0.05) is 6.07 Å². The molecule has 5 heteroatoms. The fraction of sp³-hybridized carbons (Fsp3) is 0.556. The van der Waals surface area contributed by atoms with Crippen molar-refractivity contribution in [1.29, 1.82) is 0 Å². The van der Waals surface area contributed by atoms with Gasteiger partial charge in [-0.2, -0.15) is 0 Å². The number of ether oxygens (including phenoxy) is 1. The SMILES string of the molecule is COc1ccc2c(c1)CCCC2CC(=O)N1CCNC(=O)CC1. The molecule has 1 fully saturated rings. The van der Waals surface area contributed by atoms with Crippen molar-refractivity contribution in [1.82, 2.24) is 10.2 Å². The average Bonchev–Trinajstić information content (AvgIpc) is 2.79. The summed E-state index contributed by atoms with van der Waals surface area (Å²) in [5.74, 6) is 1.36. The molecule has 23 heavy (non-hydrogen) atoms. The van der Waals surface area contributed by atoms with Gasteiger partial charge in [0.05, 0.1) is 7.11 Å².